The summed E-state index contributed by atoms with van der Waals surface area (Å²) in [5.74, 6) is 2.20. The van der Waals surface area contributed by atoms with Gasteiger partial charge in [-0.15, -0.1) is 13.2 Å². The van der Waals surface area contributed by atoms with Gasteiger partial charge in [0.15, 0.2) is 11.6 Å². The monoisotopic (exact) mass is 407 g/mol. The molecule has 2 saturated carbocycles. The van der Waals surface area contributed by atoms with Gasteiger partial charge in [-0.2, -0.15) is 0 Å². The number of aromatic nitrogens is 3. The number of alkyl halides is 3. The first-order valence-corrected chi connectivity index (χ1v) is 10.1. The van der Waals surface area contributed by atoms with Crippen molar-refractivity contribution in [3.8, 4) is 17.0 Å². The number of nitrogens with two attached hydrogens (primary N) is 1. The number of pyridine rings is 1. The molecule has 2 aliphatic carbocycles. The minimum Gasteiger partial charge on any atom is -0.402 e. The van der Waals surface area contributed by atoms with Crippen LogP contribution in [-0.2, 0) is 6.42 Å². The van der Waals surface area contributed by atoms with Crippen LogP contribution >= 0.6 is 0 Å². The van der Waals surface area contributed by atoms with E-state index >= 15 is 0 Å². The number of rotatable bonds is 6. The number of nitrogen functional groups attached to an aromatic ring is 1. The Bertz CT molecular complexity index is 911. The highest BCUT2D eigenvalue weighted by atomic mass is 19.4. The van der Waals surface area contributed by atoms with Gasteiger partial charge in [-0.1, -0.05) is 6.92 Å². The standard InChI is InChI=1S/C20H24F3N5O/c1-2-27-8-13-14(9-27)18(13)28-10-15(26-17(28)5-11-3-4-11)12-6-16(19(24)25-7-12)29-20(21,22)23/h6-7,10-11,13-14,18H,2-5,8-9H2,1H3,(H2,24,25)/t13-,14+,18?. The maximum absolute atomic E-state index is 12.7. The van der Waals surface area contributed by atoms with Crippen LogP contribution in [0.5, 0.6) is 5.75 Å². The summed E-state index contributed by atoms with van der Waals surface area (Å²) in [5, 5.41) is 0. The molecule has 3 atom stereocenters. The molecule has 6 nitrogen and oxygen atoms in total. The lowest BCUT2D eigenvalue weighted by Gasteiger charge is -2.18. The van der Waals surface area contributed by atoms with Gasteiger partial charge < -0.3 is 19.9 Å². The number of ether oxygens (including phenoxy) is 1. The lowest BCUT2D eigenvalue weighted by Crippen LogP contribution is -2.25. The van der Waals surface area contributed by atoms with Crippen molar-refractivity contribution in [3.63, 3.8) is 0 Å². The fraction of sp³-hybridized carbons (Fsp3) is 0.600. The van der Waals surface area contributed by atoms with E-state index < -0.39 is 12.1 Å². The van der Waals surface area contributed by atoms with Gasteiger partial charge in [-0.25, -0.2) is 9.97 Å². The van der Waals surface area contributed by atoms with E-state index in [1.165, 1.54) is 25.1 Å². The Hall–Kier alpha value is -2.29. The Morgan fingerprint density at radius 1 is 1.24 bits per heavy atom. The van der Waals surface area contributed by atoms with Crippen molar-refractivity contribution < 1.29 is 17.9 Å². The highest BCUT2D eigenvalue weighted by molar-refractivity contribution is 5.64. The summed E-state index contributed by atoms with van der Waals surface area (Å²) in [4.78, 5) is 11.1. The molecule has 1 unspecified atom stereocenters. The molecule has 3 heterocycles. The number of hydrogen-bond acceptors (Lipinski definition) is 5. The van der Waals surface area contributed by atoms with Gasteiger partial charge >= 0.3 is 6.36 Å². The van der Waals surface area contributed by atoms with E-state index in [1.807, 2.05) is 6.20 Å². The molecular formula is C20H24F3N5O. The van der Waals surface area contributed by atoms with E-state index in [-0.39, 0.29) is 5.82 Å². The van der Waals surface area contributed by atoms with E-state index in [0.29, 0.717) is 35.1 Å². The van der Waals surface area contributed by atoms with E-state index in [4.69, 9.17) is 10.7 Å². The van der Waals surface area contributed by atoms with Crippen LogP contribution in [0.15, 0.2) is 18.5 Å². The molecule has 29 heavy (non-hydrogen) atoms. The minimum atomic E-state index is -4.82. The third kappa shape index (κ3) is 3.68. The molecule has 0 radical (unpaired) electrons. The largest absolute Gasteiger partial charge is 0.573 e. The zero-order valence-electron chi connectivity index (χ0n) is 16.2. The van der Waals surface area contributed by atoms with Gasteiger partial charge in [-0.05, 0) is 43.2 Å². The number of halogens is 3. The lowest BCUT2D eigenvalue weighted by molar-refractivity contribution is -0.274. The number of piperidine rings is 1. The molecule has 1 saturated heterocycles. The zero-order valence-corrected chi connectivity index (χ0v) is 16.2. The van der Waals surface area contributed by atoms with Crippen molar-refractivity contribution >= 4 is 5.82 Å². The van der Waals surface area contributed by atoms with Gasteiger partial charge in [0, 0.05) is 43.5 Å². The van der Waals surface area contributed by atoms with Crippen LogP contribution in [0.4, 0.5) is 19.0 Å². The molecule has 2 N–H and O–H groups in total. The number of likely N-dealkylation sites (tertiary alicyclic amines) is 1. The molecule has 0 spiro atoms. The van der Waals surface area contributed by atoms with Crippen LogP contribution in [0, 0.1) is 17.8 Å². The summed E-state index contributed by atoms with van der Waals surface area (Å²) in [6.45, 7) is 5.47. The predicted molar refractivity (Wildman–Crippen MR) is 101 cm³/mol. The molecule has 9 heteroatoms. The highest BCUT2D eigenvalue weighted by Gasteiger charge is 2.57. The Kier molecular flexibility index (Phi) is 4.27. The van der Waals surface area contributed by atoms with E-state index in [1.54, 1.807) is 0 Å². The maximum Gasteiger partial charge on any atom is 0.573 e. The van der Waals surface area contributed by atoms with Crippen LogP contribution in [0.25, 0.3) is 11.3 Å². The van der Waals surface area contributed by atoms with Crippen LogP contribution in [0.1, 0.15) is 31.6 Å². The normalized spacial score (nSPS) is 26.6. The summed E-state index contributed by atoms with van der Waals surface area (Å²) in [7, 11) is 0. The van der Waals surface area contributed by atoms with Gasteiger partial charge in [0.25, 0.3) is 0 Å². The summed E-state index contributed by atoms with van der Waals surface area (Å²) in [6, 6.07) is 1.72. The molecule has 0 aromatic carbocycles. The summed E-state index contributed by atoms with van der Waals surface area (Å²) in [6.07, 6.45) is 1.97. The molecule has 0 amide bonds. The van der Waals surface area contributed by atoms with Gasteiger partial charge in [0.1, 0.15) is 5.82 Å². The first-order chi connectivity index (χ1) is 13.8. The molecule has 0 bridgehead atoms. The van der Waals surface area contributed by atoms with Crippen LogP contribution in [0.3, 0.4) is 0 Å². The third-order valence-corrected chi connectivity index (χ3v) is 6.37. The minimum absolute atomic E-state index is 0.292. The van der Waals surface area contributed by atoms with Crippen LogP contribution in [0.2, 0.25) is 0 Å². The zero-order chi connectivity index (χ0) is 20.3. The third-order valence-electron chi connectivity index (χ3n) is 6.37. The number of hydrogen-bond donors (Lipinski definition) is 1. The lowest BCUT2D eigenvalue weighted by atomic mass is 10.2. The van der Waals surface area contributed by atoms with Crippen LogP contribution < -0.4 is 10.5 Å². The smallest absolute Gasteiger partial charge is 0.402 e. The number of imidazole rings is 1. The van der Waals surface area contributed by atoms with Crippen molar-refractivity contribution in [2.24, 2.45) is 17.8 Å². The Labute approximate surface area is 166 Å². The van der Waals surface area contributed by atoms with Crippen molar-refractivity contribution in [2.45, 2.75) is 38.6 Å². The molecule has 2 aromatic heterocycles. The SMILES string of the molecule is CCN1C[C@@H]2C(n3cc(-c4cnc(N)c(OC(F)(F)F)c4)nc3CC3CC3)[C@@H]2C1. The topological polar surface area (TPSA) is 69.2 Å². The Balaban J connectivity index is 1.44. The first kappa shape index (κ1) is 18.7. The van der Waals surface area contributed by atoms with E-state index in [2.05, 4.69) is 26.1 Å². The molecule has 1 aliphatic heterocycles. The Morgan fingerprint density at radius 3 is 2.59 bits per heavy atom. The van der Waals surface area contributed by atoms with Gasteiger partial charge in [0.05, 0.1) is 5.69 Å². The average Bonchev–Trinajstić information content (AvgIpc) is 3.50. The average molecular weight is 407 g/mol. The second-order valence-corrected chi connectivity index (χ2v) is 8.42. The second-order valence-electron chi connectivity index (χ2n) is 8.42. The summed E-state index contributed by atoms with van der Waals surface area (Å²) >= 11 is 0. The van der Waals surface area contributed by atoms with Gasteiger partial charge in [0.2, 0.25) is 0 Å². The van der Waals surface area contributed by atoms with Crippen LogP contribution in [-0.4, -0.2) is 45.4 Å². The van der Waals surface area contributed by atoms with E-state index in [9.17, 15) is 13.2 Å². The van der Waals surface area contributed by atoms with Crippen molar-refractivity contribution in [3.05, 3.63) is 24.3 Å². The van der Waals surface area contributed by atoms with Gasteiger partial charge in [-0.3, -0.25) is 0 Å². The fourth-order valence-electron chi connectivity index (χ4n) is 4.62. The van der Waals surface area contributed by atoms with Crippen molar-refractivity contribution in [1.29, 1.82) is 0 Å². The molecule has 5 rings (SSSR count). The maximum atomic E-state index is 12.7. The number of nitrogens with zero attached hydrogens (tertiary/aromatic N) is 4. The highest BCUT2D eigenvalue weighted by Crippen LogP contribution is 2.56. The predicted octanol–water partition coefficient (Wildman–Crippen LogP) is 3.50. The first-order valence-electron chi connectivity index (χ1n) is 10.1. The molecular weight excluding hydrogens is 383 g/mol. The summed E-state index contributed by atoms with van der Waals surface area (Å²) < 4.78 is 44.3. The fourth-order valence-corrected chi connectivity index (χ4v) is 4.62. The molecule has 3 aliphatic rings. The Morgan fingerprint density at radius 2 is 1.97 bits per heavy atom. The summed E-state index contributed by atoms with van der Waals surface area (Å²) in [5.41, 5.74) is 6.67. The second kappa shape index (κ2) is 6.62. The van der Waals surface area contributed by atoms with Crippen molar-refractivity contribution in [1.82, 2.24) is 19.4 Å². The molecule has 156 valence electrons. The quantitative estimate of drug-likeness (QED) is 0.794. The van der Waals surface area contributed by atoms with E-state index in [0.717, 1.165) is 31.9 Å². The molecule has 2 aromatic rings. The molecule has 3 fully saturated rings. The van der Waals surface area contributed by atoms with Crippen molar-refractivity contribution in [2.75, 3.05) is 25.4 Å². The number of anilines is 1. The number of fused-ring (bicyclic) bond motifs is 1.